The monoisotopic (exact) mass is 161 g/mol. The molecule has 0 aliphatic carbocycles. The molecule has 2 atom stereocenters. The molecule has 0 spiro atoms. The van der Waals surface area contributed by atoms with Crippen LogP contribution >= 0.6 is 0 Å². The quantitative estimate of drug-likeness (QED) is 0.372. The average molecular weight is 161 g/mol. The van der Waals surface area contributed by atoms with E-state index in [9.17, 15) is 9.59 Å². The molecule has 2 unspecified atom stereocenters. The van der Waals surface area contributed by atoms with Crippen LogP contribution in [0.3, 0.4) is 0 Å². The van der Waals surface area contributed by atoms with Crippen LogP contribution in [0.15, 0.2) is 0 Å². The highest BCUT2D eigenvalue weighted by molar-refractivity contribution is 5.96. The number of aliphatic hydroxyl groups excluding tert-OH is 1. The molecule has 0 radical (unpaired) electrons. The number of carbonyl (C=O) groups is 2. The molecule has 0 aromatic rings. The van der Waals surface area contributed by atoms with Gasteiger partial charge in [-0.15, -0.1) is 0 Å². The zero-order valence-electron chi connectivity index (χ0n) is 6.37. The summed E-state index contributed by atoms with van der Waals surface area (Å²) in [5, 5.41) is 19.0. The van der Waals surface area contributed by atoms with E-state index < -0.39 is 24.0 Å². The van der Waals surface area contributed by atoms with Gasteiger partial charge in [-0.25, -0.2) is 0 Å². The Balaban J connectivity index is 3.93. The number of hydrogen-bond donors (Lipinski definition) is 3. The highest BCUT2D eigenvalue weighted by atomic mass is 16.4. The molecular weight excluding hydrogens is 150 g/mol. The Kier molecular flexibility index (Phi) is 3.53. The highest BCUT2D eigenvalue weighted by Gasteiger charge is 2.20. The Morgan fingerprint density at radius 2 is 1.82 bits per heavy atom. The second kappa shape index (κ2) is 3.92. The van der Waals surface area contributed by atoms with Gasteiger partial charge in [-0.2, -0.15) is 0 Å². The molecule has 3 N–H and O–H groups in total. The molecule has 0 aliphatic heterocycles. The third-order valence-corrected chi connectivity index (χ3v) is 1.11. The first-order valence-corrected chi connectivity index (χ1v) is 3.16. The van der Waals surface area contributed by atoms with Crippen molar-refractivity contribution >= 4 is 11.9 Å². The van der Waals surface area contributed by atoms with Gasteiger partial charge < -0.3 is 15.5 Å². The van der Waals surface area contributed by atoms with Crippen LogP contribution in [-0.2, 0) is 9.59 Å². The first-order chi connectivity index (χ1) is 4.95. The number of hydrogen-bond acceptors (Lipinski definition) is 3. The molecule has 5 nitrogen and oxygen atoms in total. The molecule has 0 aromatic heterocycles. The molecule has 0 aromatic carbocycles. The zero-order valence-corrected chi connectivity index (χ0v) is 6.37. The summed E-state index contributed by atoms with van der Waals surface area (Å²) in [6.07, 6.45) is -1.01. The van der Waals surface area contributed by atoms with Crippen molar-refractivity contribution in [3.8, 4) is 0 Å². The topological polar surface area (TPSA) is 86.6 Å². The molecule has 1 amide bonds. The minimum atomic E-state index is -1.21. The van der Waals surface area contributed by atoms with Crippen LogP contribution in [0, 0.1) is 5.92 Å². The summed E-state index contributed by atoms with van der Waals surface area (Å²) < 4.78 is 0. The van der Waals surface area contributed by atoms with E-state index in [1.165, 1.54) is 13.8 Å². The summed E-state index contributed by atoms with van der Waals surface area (Å²) in [4.78, 5) is 20.9. The summed E-state index contributed by atoms with van der Waals surface area (Å²) >= 11 is 0. The van der Waals surface area contributed by atoms with Crippen molar-refractivity contribution in [2.24, 2.45) is 5.92 Å². The van der Waals surface area contributed by atoms with Crippen molar-refractivity contribution in [2.75, 3.05) is 0 Å². The van der Waals surface area contributed by atoms with Crippen LogP contribution in [0.2, 0.25) is 0 Å². The molecule has 0 rings (SSSR count). The van der Waals surface area contributed by atoms with E-state index >= 15 is 0 Å². The van der Waals surface area contributed by atoms with Gasteiger partial charge >= 0.3 is 5.97 Å². The Bertz CT molecular complexity index is 166. The van der Waals surface area contributed by atoms with E-state index in [0.29, 0.717) is 0 Å². The summed E-state index contributed by atoms with van der Waals surface area (Å²) in [5.41, 5.74) is 0. The summed E-state index contributed by atoms with van der Waals surface area (Å²) in [7, 11) is 0. The molecule has 0 bridgehead atoms. The third-order valence-electron chi connectivity index (χ3n) is 1.11. The minimum Gasteiger partial charge on any atom is -0.481 e. The fraction of sp³-hybridized carbons (Fsp3) is 0.667. The lowest BCUT2D eigenvalue weighted by Crippen LogP contribution is -2.38. The van der Waals surface area contributed by atoms with Gasteiger partial charge in [0.2, 0.25) is 5.91 Å². The third kappa shape index (κ3) is 3.57. The fourth-order valence-electron chi connectivity index (χ4n) is 0.443. The van der Waals surface area contributed by atoms with Crippen molar-refractivity contribution in [3.05, 3.63) is 0 Å². The summed E-state index contributed by atoms with van der Waals surface area (Å²) in [6.45, 7) is 2.59. The Morgan fingerprint density at radius 1 is 1.36 bits per heavy atom. The van der Waals surface area contributed by atoms with Crippen LogP contribution in [0.25, 0.3) is 0 Å². The van der Waals surface area contributed by atoms with Crippen molar-refractivity contribution in [3.63, 3.8) is 0 Å². The van der Waals surface area contributed by atoms with E-state index in [4.69, 9.17) is 10.2 Å². The number of amides is 1. The lowest BCUT2D eigenvalue weighted by Gasteiger charge is -2.09. The lowest BCUT2D eigenvalue weighted by molar-refractivity contribution is -0.146. The van der Waals surface area contributed by atoms with E-state index in [1.54, 1.807) is 0 Å². The van der Waals surface area contributed by atoms with Crippen LogP contribution in [0.5, 0.6) is 0 Å². The SMILES string of the molecule is CC(O)NC(=O)C(C)C(=O)O. The number of nitrogens with one attached hydrogen (secondary N) is 1. The standard InChI is InChI=1S/C6H11NO4/c1-3(6(10)11)5(9)7-4(2)8/h3-4,8H,1-2H3,(H,7,9)(H,10,11). The number of carboxylic acids is 1. The van der Waals surface area contributed by atoms with E-state index in [0.717, 1.165) is 0 Å². The maximum atomic E-state index is 10.7. The number of aliphatic carboxylic acids is 1. The predicted molar refractivity (Wildman–Crippen MR) is 36.6 cm³/mol. The van der Waals surface area contributed by atoms with Crippen molar-refractivity contribution in [2.45, 2.75) is 20.1 Å². The van der Waals surface area contributed by atoms with Crippen LogP contribution in [0.4, 0.5) is 0 Å². The van der Waals surface area contributed by atoms with E-state index in [1.807, 2.05) is 0 Å². The zero-order chi connectivity index (χ0) is 9.02. The molecule has 64 valence electrons. The molecule has 0 aliphatic rings. The largest absolute Gasteiger partial charge is 0.481 e. The van der Waals surface area contributed by atoms with Gasteiger partial charge in [0.15, 0.2) is 0 Å². The maximum absolute atomic E-state index is 10.7. The van der Waals surface area contributed by atoms with E-state index in [2.05, 4.69) is 5.32 Å². The Labute approximate surface area is 64.0 Å². The number of carbonyl (C=O) groups excluding carboxylic acids is 1. The van der Waals surface area contributed by atoms with Gasteiger partial charge in [0.25, 0.3) is 0 Å². The van der Waals surface area contributed by atoms with Crippen LogP contribution < -0.4 is 5.32 Å². The first-order valence-electron chi connectivity index (χ1n) is 3.16. The molecule has 5 heteroatoms. The predicted octanol–water partition coefficient (Wildman–Crippen LogP) is -0.838. The van der Waals surface area contributed by atoms with Gasteiger partial charge in [-0.05, 0) is 13.8 Å². The van der Waals surface area contributed by atoms with Gasteiger partial charge in [-0.3, -0.25) is 9.59 Å². The minimum absolute atomic E-state index is 0.687. The van der Waals surface area contributed by atoms with Gasteiger partial charge in [0, 0.05) is 0 Å². The summed E-state index contributed by atoms with van der Waals surface area (Å²) in [5.74, 6) is -3.01. The van der Waals surface area contributed by atoms with Crippen LogP contribution in [0.1, 0.15) is 13.8 Å². The average Bonchev–Trinajstić information content (AvgIpc) is 1.84. The van der Waals surface area contributed by atoms with Gasteiger partial charge in [0.05, 0.1) is 0 Å². The van der Waals surface area contributed by atoms with Crippen LogP contribution in [-0.4, -0.2) is 28.3 Å². The van der Waals surface area contributed by atoms with Crippen molar-refractivity contribution < 1.29 is 19.8 Å². The Hall–Kier alpha value is -1.10. The maximum Gasteiger partial charge on any atom is 0.315 e. The fourth-order valence-corrected chi connectivity index (χ4v) is 0.443. The molecule has 0 saturated carbocycles. The summed E-state index contributed by atoms with van der Waals surface area (Å²) in [6, 6.07) is 0. The van der Waals surface area contributed by atoms with E-state index in [-0.39, 0.29) is 0 Å². The number of aliphatic hydroxyl groups is 1. The number of rotatable bonds is 3. The van der Waals surface area contributed by atoms with Crippen molar-refractivity contribution in [1.82, 2.24) is 5.32 Å². The van der Waals surface area contributed by atoms with Crippen molar-refractivity contribution in [1.29, 1.82) is 0 Å². The smallest absolute Gasteiger partial charge is 0.315 e. The second-order valence-electron chi connectivity index (χ2n) is 2.24. The highest BCUT2D eigenvalue weighted by Crippen LogP contribution is 1.94. The van der Waals surface area contributed by atoms with Gasteiger partial charge in [-0.1, -0.05) is 0 Å². The molecule has 0 saturated heterocycles. The second-order valence-corrected chi connectivity index (χ2v) is 2.24. The normalized spacial score (nSPS) is 15.2. The molecule has 11 heavy (non-hydrogen) atoms. The van der Waals surface area contributed by atoms with Gasteiger partial charge in [0.1, 0.15) is 12.1 Å². The molecule has 0 fully saturated rings. The molecule has 0 heterocycles. The first kappa shape index (κ1) is 9.90. The number of carboxylic acid groups (broad SMARTS) is 1. The molecular formula is C6H11NO4. The Morgan fingerprint density at radius 3 is 2.09 bits per heavy atom. The lowest BCUT2D eigenvalue weighted by atomic mass is 10.2.